The number of para-hydroxylation sites is 1. The lowest BCUT2D eigenvalue weighted by atomic mass is 9.94. The normalized spacial score (nSPS) is 12.0. The zero-order valence-electron chi connectivity index (χ0n) is 18.7. The monoisotopic (exact) mass is 481 g/mol. The molecule has 8 rings (SSSR count). The molecule has 3 aromatic heterocycles. The van der Waals surface area contributed by atoms with E-state index in [9.17, 15) is 0 Å². The van der Waals surface area contributed by atoms with E-state index in [-0.39, 0.29) is 0 Å². The molecule has 8 aromatic rings. The summed E-state index contributed by atoms with van der Waals surface area (Å²) in [5.41, 5.74) is 5.06. The third kappa shape index (κ3) is 2.74. The fraction of sp³-hybridized carbons (Fsp3) is 0. The summed E-state index contributed by atoms with van der Waals surface area (Å²) >= 11 is 3.74. The third-order valence-corrected chi connectivity index (χ3v) is 9.29. The van der Waals surface area contributed by atoms with Gasteiger partial charge in [-0.25, -0.2) is 0 Å². The predicted octanol–water partition coefficient (Wildman–Crippen LogP) is 10.0. The number of thiophene rings is 2. The Bertz CT molecular complexity index is 2050. The van der Waals surface area contributed by atoms with Gasteiger partial charge in [0.1, 0.15) is 0 Å². The van der Waals surface area contributed by atoms with E-state index in [1.807, 2.05) is 22.7 Å². The molecule has 3 heteroatoms. The van der Waals surface area contributed by atoms with E-state index < -0.39 is 0 Å². The number of rotatable bonds is 2. The fourth-order valence-corrected chi connectivity index (χ4v) is 7.75. The zero-order valence-corrected chi connectivity index (χ0v) is 20.4. The first-order valence-electron chi connectivity index (χ1n) is 11.8. The predicted molar refractivity (Wildman–Crippen MR) is 154 cm³/mol. The van der Waals surface area contributed by atoms with Crippen molar-refractivity contribution in [3.8, 4) is 16.8 Å². The largest absolute Gasteiger partial charge is 0.317 e. The Balaban J connectivity index is 1.59. The van der Waals surface area contributed by atoms with Crippen molar-refractivity contribution in [1.82, 2.24) is 4.57 Å². The van der Waals surface area contributed by atoms with Crippen molar-refractivity contribution in [1.29, 1.82) is 0 Å². The maximum Gasteiger partial charge on any atom is 0.0541 e. The third-order valence-electron chi connectivity index (χ3n) is 7.12. The summed E-state index contributed by atoms with van der Waals surface area (Å²) in [4.78, 5) is 0. The highest BCUT2D eigenvalue weighted by atomic mass is 32.1. The second-order valence-corrected chi connectivity index (χ2v) is 11.0. The molecule has 0 aliphatic carbocycles. The van der Waals surface area contributed by atoms with Crippen molar-refractivity contribution in [2.45, 2.75) is 0 Å². The number of hydrogen-bond donors (Lipinski definition) is 0. The summed E-state index contributed by atoms with van der Waals surface area (Å²) in [7, 11) is 0. The molecule has 0 atom stereocenters. The quantitative estimate of drug-likeness (QED) is 0.231. The van der Waals surface area contributed by atoms with E-state index in [4.69, 9.17) is 0 Å². The SMILES string of the molecule is c1ccc(-n2ccc3c4c(ccc5c6ccccc6sc54)c(-c4csc5ccccc45)cc32)cc1. The van der Waals surface area contributed by atoms with Gasteiger partial charge in [-0.15, -0.1) is 22.7 Å². The molecule has 0 bridgehead atoms. The molecule has 0 radical (unpaired) electrons. The van der Waals surface area contributed by atoms with Gasteiger partial charge in [0.05, 0.1) is 5.52 Å². The molecule has 0 unspecified atom stereocenters. The highest BCUT2D eigenvalue weighted by Gasteiger charge is 2.18. The van der Waals surface area contributed by atoms with E-state index in [0.29, 0.717) is 0 Å². The molecule has 0 amide bonds. The lowest BCUT2D eigenvalue weighted by Gasteiger charge is -2.12. The van der Waals surface area contributed by atoms with Crippen LogP contribution in [0.5, 0.6) is 0 Å². The van der Waals surface area contributed by atoms with Crippen LogP contribution in [0.25, 0.3) is 68.7 Å². The summed E-state index contributed by atoms with van der Waals surface area (Å²) in [6.45, 7) is 0. The van der Waals surface area contributed by atoms with E-state index in [1.165, 1.54) is 68.7 Å². The summed E-state index contributed by atoms with van der Waals surface area (Å²) in [5, 5.41) is 10.3. The van der Waals surface area contributed by atoms with Crippen LogP contribution >= 0.6 is 22.7 Å². The lowest BCUT2D eigenvalue weighted by Crippen LogP contribution is -1.92. The summed E-state index contributed by atoms with van der Waals surface area (Å²) in [5.74, 6) is 0. The Morgan fingerprint density at radius 2 is 1.29 bits per heavy atom. The average molecular weight is 482 g/mol. The van der Waals surface area contributed by atoms with Gasteiger partial charge < -0.3 is 4.57 Å². The van der Waals surface area contributed by atoms with Crippen LogP contribution in [0.2, 0.25) is 0 Å². The van der Waals surface area contributed by atoms with Gasteiger partial charge >= 0.3 is 0 Å². The summed E-state index contributed by atoms with van der Waals surface area (Å²) in [6.07, 6.45) is 2.22. The highest BCUT2D eigenvalue weighted by Crippen LogP contribution is 2.46. The highest BCUT2D eigenvalue weighted by molar-refractivity contribution is 7.26. The van der Waals surface area contributed by atoms with Crippen LogP contribution in [-0.4, -0.2) is 4.57 Å². The minimum atomic E-state index is 1.19. The van der Waals surface area contributed by atoms with E-state index in [2.05, 4.69) is 119 Å². The molecule has 0 saturated heterocycles. The van der Waals surface area contributed by atoms with Gasteiger partial charge in [0.15, 0.2) is 0 Å². The fourth-order valence-electron chi connectivity index (χ4n) is 5.52. The minimum Gasteiger partial charge on any atom is -0.317 e. The molecule has 0 fully saturated rings. The Kier molecular flexibility index (Phi) is 4.04. The van der Waals surface area contributed by atoms with Crippen LogP contribution in [0, 0.1) is 0 Å². The molecule has 5 aromatic carbocycles. The van der Waals surface area contributed by atoms with Crippen LogP contribution in [-0.2, 0) is 0 Å². The van der Waals surface area contributed by atoms with Crippen molar-refractivity contribution in [3.05, 3.63) is 115 Å². The molecule has 0 aliphatic rings. The van der Waals surface area contributed by atoms with Crippen LogP contribution in [0.1, 0.15) is 0 Å². The van der Waals surface area contributed by atoms with E-state index in [1.54, 1.807) is 0 Å². The first-order valence-corrected chi connectivity index (χ1v) is 13.5. The van der Waals surface area contributed by atoms with E-state index in [0.717, 1.165) is 0 Å². The van der Waals surface area contributed by atoms with Gasteiger partial charge in [-0.2, -0.15) is 0 Å². The summed E-state index contributed by atoms with van der Waals surface area (Å²) < 4.78 is 6.38. The summed E-state index contributed by atoms with van der Waals surface area (Å²) in [6, 6.07) is 37.6. The van der Waals surface area contributed by atoms with Crippen molar-refractivity contribution in [2.75, 3.05) is 0 Å². The van der Waals surface area contributed by atoms with Gasteiger partial charge in [-0.05, 0) is 52.7 Å². The molecule has 0 spiro atoms. The maximum absolute atomic E-state index is 2.40. The van der Waals surface area contributed by atoms with Crippen molar-refractivity contribution in [3.63, 3.8) is 0 Å². The van der Waals surface area contributed by atoms with Crippen LogP contribution in [0.3, 0.4) is 0 Å². The van der Waals surface area contributed by atoms with Gasteiger partial charge in [-0.3, -0.25) is 0 Å². The van der Waals surface area contributed by atoms with Gasteiger partial charge in [0.2, 0.25) is 0 Å². The van der Waals surface area contributed by atoms with Crippen LogP contribution in [0.15, 0.2) is 115 Å². The van der Waals surface area contributed by atoms with Gasteiger partial charge in [0.25, 0.3) is 0 Å². The van der Waals surface area contributed by atoms with Crippen LogP contribution in [0.4, 0.5) is 0 Å². The molecule has 0 aliphatic heterocycles. The van der Waals surface area contributed by atoms with Crippen molar-refractivity contribution < 1.29 is 0 Å². The smallest absolute Gasteiger partial charge is 0.0541 e. The molecule has 1 nitrogen and oxygen atoms in total. The molecule has 3 heterocycles. The second kappa shape index (κ2) is 7.29. The number of hydrogen-bond acceptors (Lipinski definition) is 2. The Labute approximate surface area is 210 Å². The molecule has 164 valence electrons. The van der Waals surface area contributed by atoms with Crippen molar-refractivity contribution >= 4 is 74.6 Å². The number of aromatic nitrogens is 1. The second-order valence-electron chi connectivity index (χ2n) is 8.99. The average Bonchev–Trinajstić information content (AvgIpc) is 3.63. The molecular formula is C32H19NS2. The van der Waals surface area contributed by atoms with Gasteiger partial charge in [-0.1, -0.05) is 66.7 Å². The Morgan fingerprint density at radius 3 is 2.17 bits per heavy atom. The maximum atomic E-state index is 2.40. The topological polar surface area (TPSA) is 4.93 Å². The Hall–Kier alpha value is -3.92. The molecular weight excluding hydrogens is 462 g/mol. The Morgan fingerprint density at radius 1 is 0.543 bits per heavy atom. The number of nitrogens with zero attached hydrogens (tertiary/aromatic N) is 1. The molecule has 35 heavy (non-hydrogen) atoms. The van der Waals surface area contributed by atoms with Gasteiger partial charge in [0, 0.05) is 58.5 Å². The minimum absolute atomic E-state index is 1.19. The first-order chi connectivity index (χ1) is 17.4. The lowest BCUT2D eigenvalue weighted by molar-refractivity contribution is 1.13. The van der Waals surface area contributed by atoms with Crippen LogP contribution < -0.4 is 0 Å². The molecule has 0 saturated carbocycles. The van der Waals surface area contributed by atoms with E-state index >= 15 is 0 Å². The number of benzene rings is 5. The molecule has 0 N–H and O–H groups in total. The first kappa shape index (κ1) is 19.4. The number of fused-ring (bicyclic) bond motifs is 8. The zero-order chi connectivity index (χ0) is 22.9. The standard InChI is InChI=1S/C32H19NS2/c1-2-8-20(9-3-1)33-17-16-25-28(33)18-26(27-19-34-29-12-6-4-11-22(27)29)23-14-15-24-21-10-5-7-13-30(21)35-32(24)31(23)25/h1-19H. The van der Waals surface area contributed by atoms with Crippen molar-refractivity contribution in [2.24, 2.45) is 0 Å².